The second-order valence-electron chi connectivity index (χ2n) is 12.7. The van der Waals surface area contributed by atoms with Crippen LogP contribution in [0, 0.1) is 22.6 Å². The summed E-state index contributed by atoms with van der Waals surface area (Å²) in [5.41, 5.74) is 0.884. The van der Waals surface area contributed by atoms with E-state index in [0.29, 0.717) is 44.5 Å². The van der Waals surface area contributed by atoms with Gasteiger partial charge in [-0.1, -0.05) is 25.4 Å². The van der Waals surface area contributed by atoms with Crippen molar-refractivity contribution >= 4 is 34.0 Å². The molecule has 3 saturated heterocycles. The molecule has 3 aromatic rings. The number of benzene rings is 1. The monoisotopic (exact) mass is 692 g/mol. The minimum atomic E-state index is -5.11. The molecule has 6 rings (SSSR count). The molecule has 10 nitrogen and oxygen atoms in total. The fourth-order valence-electron chi connectivity index (χ4n) is 7.06. The zero-order chi connectivity index (χ0) is 34.5. The molecule has 3 aliphatic heterocycles. The number of nitrogen functional groups attached to an aromatic ring is 1. The van der Waals surface area contributed by atoms with Gasteiger partial charge >= 0.3 is 12.2 Å². The summed E-state index contributed by atoms with van der Waals surface area (Å²) in [6.45, 7) is 6.71. The van der Waals surface area contributed by atoms with E-state index in [1.54, 1.807) is 6.07 Å². The van der Waals surface area contributed by atoms with Crippen molar-refractivity contribution in [2.24, 2.45) is 5.41 Å². The van der Waals surface area contributed by atoms with E-state index in [1.807, 2.05) is 18.7 Å². The molecule has 3 aliphatic rings. The Labute approximate surface area is 278 Å². The summed E-state index contributed by atoms with van der Waals surface area (Å²) in [6, 6.07) is 2.42. The average molecular weight is 693 g/mol. The zero-order valence-corrected chi connectivity index (χ0v) is 27.3. The van der Waals surface area contributed by atoms with Crippen LogP contribution in [0.2, 0.25) is 5.02 Å². The summed E-state index contributed by atoms with van der Waals surface area (Å²) in [5.74, 6) is -1.34. The molecule has 0 saturated carbocycles. The lowest BCUT2D eigenvalue weighted by atomic mass is 9.78. The molecule has 0 unspecified atom stereocenters. The highest BCUT2D eigenvalue weighted by molar-refractivity contribution is 6.32. The molecule has 2 aromatic heterocycles. The van der Waals surface area contributed by atoms with E-state index in [2.05, 4.69) is 25.2 Å². The Hall–Kier alpha value is -4.00. The van der Waals surface area contributed by atoms with Gasteiger partial charge in [-0.05, 0) is 37.4 Å². The topological polar surface area (TPSA) is 125 Å². The minimum absolute atomic E-state index is 0.0137. The molecule has 0 radical (unpaired) electrons. The summed E-state index contributed by atoms with van der Waals surface area (Å²) >= 11 is 6.02. The highest BCUT2D eigenvalue weighted by Gasteiger charge is 2.42. The van der Waals surface area contributed by atoms with Crippen molar-refractivity contribution in [1.82, 2.24) is 25.2 Å². The van der Waals surface area contributed by atoms with Gasteiger partial charge in [0.2, 0.25) is 5.88 Å². The summed E-state index contributed by atoms with van der Waals surface area (Å²) in [5, 5.41) is 12.6. The summed E-state index contributed by atoms with van der Waals surface area (Å²) in [7, 11) is 1.23. The minimum Gasteiger partial charge on any atom is -0.480 e. The molecule has 2 bridgehead atoms. The largest absolute Gasteiger partial charge is 0.480 e. The molecule has 256 valence electrons. The maximum atomic E-state index is 16.9. The van der Waals surface area contributed by atoms with Gasteiger partial charge in [0.05, 0.1) is 35.3 Å². The van der Waals surface area contributed by atoms with Crippen molar-refractivity contribution in [2.45, 2.75) is 51.4 Å². The number of halogens is 6. The Morgan fingerprint density at radius 3 is 2.54 bits per heavy atom. The molecule has 0 aliphatic carbocycles. The van der Waals surface area contributed by atoms with E-state index >= 15 is 4.39 Å². The number of alkyl halides is 3. The second-order valence-corrected chi connectivity index (χ2v) is 13.1. The fourth-order valence-corrected chi connectivity index (χ4v) is 7.38. The smallest absolute Gasteiger partial charge is 0.418 e. The Bertz CT molecular complexity index is 1820. The van der Waals surface area contributed by atoms with Crippen LogP contribution >= 0.6 is 11.6 Å². The van der Waals surface area contributed by atoms with Gasteiger partial charge in [-0.3, -0.25) is 0 Å². The number of fused-ring (bicyclic) bond motifs is 3. The average Bonchev–Trinajstić information content (AvgIpc) is 3.39. The molecular weight excluding hydrogens is 659 g/mol. The van der Waals surface area contributed by atoms with E-state index in [4.69, 9.17) is 26.8 Å². The zero-order valence-electron chi connectivity index (χ0n) is 26.5. The number of nitrogens with zero attached hydrogens (tertiary/aromatic N) is 6. The van der Waals surface area contributed by atoms with Crippen LogP contribution in [-0.2, 0) is 6.18 Å². The first-order chi connectivity index (χ1) is 22.8. The number of aromatic nitrogens is 3. The molecule has 5 heterocycles. The van der Waals surface area contributed by atoms with Crippen LogP contribution in [0.4, 0.5) is 33.5 Å². The van der Waals surface area contributed by atoms with Crippen LogP contribution in [0.15, 0.2) is 18.0 Å². The first kappa shape index (κ1) is 33.9. The van der Waals surface area contributed by atoms with E-state index in [0.717, 1.165) is 25.5 Å². The Morgan fingerprint density at radius 1 is 1.23 bits per heavy atom. The van der Waals surface area contributed by atoms with Gasteiger partial charge in [-0.2, -0.15) is 28.4 Å². The molecule has 0 amide bonds. The van der Waals surface area contributed by atoms with Crippen molar-refractivity contribution < 1.29 is 31.4 Å². The number of ether oxygens (including phenoxy) is 2. The van der Waals surface area contributed by atoms with Crippen molar-refractivity contribution in [3.8, 4) is 29.2 Å². The predicted octanol–water partition coefficient (Wildman–Crippen LogP) is 5.87. The third-order valence-corrected chi connectivity index (χ3v) is 9.81. The lowest BCUT2D eigenvalue weighted by molar-refractivity contribution is -0.137. The molecule has 3 fully saturated rings. The third kappa shape index (κ3) is 5.94. The number of rotatable bonds is 7. The molecule has 3 N–H and O–H groups in total. The number of anilines is 2. The van der Waals surface area contributed by atoms with E-state index < -0.39 is 56.0 Å². The van der Waals surface area contributed by atoms with Crippen molar-refractivity contribution in [2.75, 3.05) is 57.1 Å². The van der Waals surface area contributed by atoms with E-state index in [-0.39, 0.29) is 41.8 Å². The molecule has 48 heavy (non-hydrogen) atoms. The number of nitrogens with two attached hydrogens (primary N) is 1. The quantitative estimate of drug-likeness (QED) is 0.229. The molecule has 16 heteroatoms. The van der Waals surface area contributed by atoms with Gasteiger partial charge in [-0.25, -0.2) is 13.8 Å². The summed E-state index contributed by atoms with van der Waals surface area (Å²) in [4.78, 5) is 17.3. The van der Waals surface area contributed by atoms with Gasteiger partial charge < -0.3 is 30.3 Å². The van der Waals surface area contributed by atoms with E-state index in [9.17, 15) is 22.8 Å². The number of methoxy groups -OCH3 is 1. The molecule has 0 spiro atoms. The number of nitriles is 1. The highest BCUT2D eigenvalue weighted by atomic mass is 35.5. The number of hydrogen-bond donors (Lipinski definition) is 2. The molecular formula is C32H34ClF5N8O2. The molecule has 3 atom stereocenters. The normalized spacial score (nSPS) is 23.9. The summed E-state index contributed by atoms with van der Waals surface area (Å²) < 4.78 is 85.9. The van der Waals surface area contributed by atoms with Crippen molar-refractivity contribution in [3.63, 3.8) is 0 Å². The Kier molecular flexibility index (Phi) is 9.03. The number of piperidine rings is 1. The lowest BCUT2D eigenvalue weighted by Gasteiger charge is -2.41. The summed E-state index contributed by atoms with van der Waals surface area (Å²) in [6.07, 6.45) is -2.21. The Balaban J connectivity index is 1.57. The predicted molar refractivity (Wildman–Crippen MR) is 170 cm³/mol. The van der Waals surface area contributed by atoms with Gasteiger partial charge in [0.1, 0.15) is 35.1 Å². The van der Waals surface area contributed by atoms with Gasteiger partial charge in [0, 0.05) is 49.2 Å². The SMILES string of the molecule is CCN1CC/C(=C\F)[C@](C)(COc2nc(N3C[C@H]4CC[C@@H](C3)N4)c3c(OC)nc(-c4c(C#N)c(N)cc(Cl)c4C(F)(F)F)c(F)c3n2)C1. The van der Waals surface area contributed by atoms with E-state index in [1.165, 1.54) is 7.11 Å². The van der Waals surface area contributed by atoms with Crippen LogP contribution in [0.1, 0.15) is 44.2 Å². The van der Waals surface area contributed by atoms with Crippen LogP contribution in [-0.4, -0.2) is 78.4 Å². The van der Waals surface area contributed by atoms with Gasteiger partial charge in [0.25, 0.3) is 0 Å². The van der Waals surface area contributed by atoms with Crippen molar-refractivity contribution in [3.05, 3.63) is 39.9 Å². The van der Waals surface area contributed by atoms with Crippen LogP contribution in [0.5, 0.6) is 11.9 Å². The number of hydrogen-bond acceptors (Lipinski definition) is 10. The second kappa shape index (κ2) is 12.8. The first-order valence-corrected chi connectivity index (χ1v) is 15.9. The number of likely N-dealkylation sites (tertiary alicyclic amines) is 1. The third-order valence-electron chi connectivity index (χ3n) is 9.51. The van der Waals surface area contributed by atoms with Gasteiger partial charge in [0.15, 0.2) is 5.82 Å². The molecule has 1 aromatic carbocycles. The number of pyridine rings is 1. The number of nitrogens with one attached hydrogen (secondary N) is 1. The van der Waals surface area contributed by atoms with Crippen LogP contribution in [0.25, 0.3) is 22.2 Å². The van der Waals surface area contributed by atoms with Crippen LogP contribution < -0.4 is 25.4 Å². The first-order valence-electron chi connectivity index (χ1n) is 15.5. The standard InChI is InChI=1S/C32H34ClF5N8O2/c1-4-45-8-7-16(10-34)31(2,14-45)15-48-30-43-27-23(28(44-30)46-12-17-5-6-18(13-46)41-17)29(47-3)42-26(25(27)35)22-19(11-39)21(40)9-20(33)24(22)32(36,37)38/h9-10,17-18,41H,4-8,12-15,40H2,1-3H3/b16-10+/t17-,18+,31-/m0/s1. The van der Waals surface area contributed by atoms with Crippen LogP contribution in [0.3, 0.4) is 0 Å². The maximum absolute atomic E-state index is 16.9. The fraction of sp³-hybridized carbons (Fsp3) is 0.500. The number of piperazine rings is 1. The Morgan fingerprint density at radius 2 is 1.94 bits per heavy atom. The maximum Gasteiger partial charge on any atom is 0.418 e. The van der Waals surface area contributed by atoms with Crippen molar-refractivity contribution in [1.29, 1.82) is 5.26 Å². The highest BCUT2D eigenvalue weighted by Crippen LogP contribution is 2.48. The van der Waals surface area contributed by atoms with Gasteiger partial charge in [-0.15, -0.1) is 0 Å². The lowest BCUT2D eigenvalue weighted by Crippen LogP contribution is -2.51.